The quantitative estimate of drug-likeness (QED) is 0.379. The van der Waals surface area contributed by atoms with Crippen LogP contribution in [0.2, 0.25) is 0 Å². The Balaban J connectivity index is 2.41. The van der Waals surface area contributed by atoms with Crippen LogP contribution in [0, 0.1) is 5.92 Å². The SMILES string of the molecule is CCCCn1c(C(CC(C)C)NC(=O)CCC(=O)O)nc2cc(C(=O)NCC(=O)OC)ccc21. The second-order valence-electron chi connectivity index (χ2n) is 8.58. The van der Waals surface area contributed by atoms with E-state index in [1.54, 1.807) is 12.1 Å². The molecule has 1 aromatic carbocycles. The molecule has 0 saturated carbocycles. The van der Waals surface area contributed by atoms with E-state index in [0.717, 1.165) is 18.4 Å². The molecule has 0 aliphatic carbocycles. The van der Waals surface area contributed by atoms with Gasteiger partial charge in [0.1, 0.15) is 12.4 Å². The van der Waals surface area contributed by atoms with Gasteiger partial charge in [0.05, 0.1) is 30.6 Å². The number of imidazole rings is 1. The number of carboxylic acids is 1. The number of ether oxygens (including phenoxy) is 1. The van der Waals surface area contributed by atoms with Crippen LogP contribution in [0.5, 0.6) is 0 Å². The second-order valence-corrected chi connectivity index (χ2v) is 8.58. The predicted octanol–water partition coefficient (Wildman–Crippen LogP) is 2.81. The summed E-state index contributed by atoms with van der Waals surface area (Å²) in [7, 11) is 1.25. The fourth-order valence-electron chi connectivity index (χ4n) is 3.62. The van der Waals surface area contributed by atoms with Gasteiger partial charge in [0.2, 0.25) is 5.91 Å². The summed E-state index contributed by atoms with van der Waals surface area (Å²) in [6, 6.07) is 4.74. The number of esters is 1. The van der Waals surface area contributed by atoms with E-state index in [1.807, 2.05) is 19.9 Å². The average molecular weight is 475 g/mol. The van der Waals surface area contributed by atoms with Crippen molar-refractivity contribution in [1.29, 1.82) is 0 Å². The molecule has 34 heavy (non-hydrogen) atoms. The zero-order valence-corrected chi connectivity index (χ0v) is 20.2. The van der Waals surface area contributed by atoms with E-state index in [9.17, 15) is 19.2 Å². The third-order valence-electron chi connectivity index (χ3n) is 5.32. The molecule has 0 fully saturated rings. The summed E-state index contributed by atoms with van der Waals surface area (Å²) in [6.45, 7) is 6.62. The average Bonchev–Trinajstić information content (AvgIpc) is 3.16. The topological polar surface area (TPSA) is 140 Å². The summed E-state index contributed by atoms with van der Waals surface area (Å²) in [6.07, 6.45) is 2.15. The molecule has 0 aliphatic heterocycles. The molecule has 2 rings (SSSR count). The molecule has 10 nitrogen and oxygen atoms in total. The van der Waals surface area contributed by atoms with Crippen LogP contribution in [0.25, 0.3) is 11.0 Å². The molecule has 2 aromatic rings. The Morgan fingerprint density at radius 3 is 2.53 bits per heavy atom. The molecule has 1 unspecified atom stereocenters. The number of methoxy groups -OCH3 is 1. The molecule has 0 bridgehead atoms. The van der Waals surface area contributed by atoms with Crippen molar-refractivity contribution in [2.75, 3.05) is 13.7 Å². The van der Waals surface area contributed by atoms with Gasteiger partial charge in [-0.05, 0) is 37.0 Å². The molecule has 1 aromatic heterocycles. The minimum absolute atomic E-state index is 0.108. The van der Waals surface area contributed by atoms with E-state index < -0.39 is 23.9 Å². The number of aryl methyl sites for hydroxylation is 1. The van der Waals surface area contributed by atoms with Crippen molar-refractivity contribution in [2.24, 2.45) is 5.92 Å². The van der Waals surface area contributed by atoms with Gasteiger partial charge in [0.15, 0.2) is 0 Å². The number of nitrogens with zero attached hydrogens (tertiary/aromatic N) is 2. The van der Waals surface area contributed by atoms with Crippen molar-refractivity contribution >= 4 is 34.8 Å². The first-order valence-corrected chi connectivity index (χ1v) is 11.5. The van der Waals surface area contributed by atoms with Gasteiger partial charge in [-0.1, -0.05) is 27.2 Å². The van der Waals surface area contributed by atoms with E-state index in [1.165, 1.54) is 7.11 Å². The molecule has 0 spiro atoms. The molecule has 0 radical (unpaired) electrons. The minimum atomic E-state index is -1.02. The Morgan fingerprint density at radius 2 is 1.91 bits per heavy atom. The first-order valence-electron chi connectivity index (χ1n) is 11.5. The van der Waals surface area contributed by atoms with Crippen molar-refractivity contribution in [3.63, 3.8) is 0 Å². The van der Waals surface area contributed by atoms with Crippen molar-refractivity contribution < 1.29 is 29.0 Å². The fraction of sp³-hybridized carbons (Fsp3) is 0.542. The zero-order valence-electron chi connectivity index (χ0n) is 20.2. The first-order chi connectivity index (χ1) is 16.2. The molecule has 0 saturated heterocycles. The van der Waals surface area contributed by atoms with Crippen LogP contribution >= 0.6 is 0 Å². The van der Waals surface area contributed by atoms with Crippen LogP contribution in [0.15, 0.2) is 18.2 Å². The summed E-state index contributed by atoms with van der Waals surface area (Å²) in [5.41, 5.74) is 1.79. The number of fused-ring (bicyclic) bond motifs is 1. The standard InChI is InChI=1S/C24H34N4O6/c1-5-6-11-28-19-8-7-16(24(33)25-14-22(32)34-4)13-17(19)27-23(28)18(12-15(2)3)26-20(29)9-10-21(30)31/h7-8,13,15,18H,5-6,9-12,14H2,1-4H3,(H,25,33)(H,26,29)(H,30,31). The van der Waals surface area contributed by atoms with Crippen molar-refractivity contribution in [3.8, 4) is 0 Å². The van der Waals surface area contributed by atoms with Gasteiger partial charge in [-0.2, -0.15) is 0 Å². The summed E-state index contributed by atoms with van der Waals surface area (Å²) >= 11 is 0. The van der Waals surface area contributed by atoms with Crippen molar-refractivity contribution in [2.45, 2.75) is 65.5 Å². The van der Waals surface area contributed by atoms with E-state index in [0.29, 0.717) is 29.9 Å². The van der Waals surface area contributed by atoms with Crippen LogP contribution in [-0.4, -0.2) is 52.1 Å². The maximum absolute atomic E-state index is 12.5. The summed E-state index contributed by atoms with van der Waals surface area (Å²) < 4.78 is 6.60. The Kier molecular flexibility index (Phi) is 10.0. The lowest BCUT2D eigenvalue weighted by molar-refractivity contribution is -0.139. The lowest BCUT2D eigenvalue weighted by Gasteiger charge is -2.22. The van der Waals surface area contributed by atoms with E-state index in [4.69, 9.17) is 10.1 Å². The lowest BCUT2D eigenvalue weighted by atomic mass is 10.0. The molecule has 1 heterocycles. The van der Waals surface area contributed by atoms with Gasteiger partial charge in [-0.3, -0.25) is 19.2 Å². The number of rotatable bonds is 13. The maximum atomic E-state index is 12.5. The Labute approximate surface area is 199 Å². The van der Waals surface area contributed by atoms with Crippen LogP contribution in [0.4, 0.5) is 0 Å². The molecule has 2 amide bonds. The van der Waals surface area contributed by atoms with Gasteiger partial charge >= 0.3 is 11.9 Å². The van der Waals surface area contributed by atoms with E-state index in [2.05, 4.69) is 26.9 Å². The number of carboxylic acid groups (broad SMARTS) is 1. The number of amides is 2. The lowest BCUT2D eigenvalue weighted by Crippen LogP contribution is -2.31. The largest absolute Gasteiger partial charge is 0.481 e. The Bertz CT molecular complexity index is 1030. The third-order valence-corrected chi connectivity index (χ3v) is 5.32. The third kappa shape index (κ3) is 7.57. The molecule has 1 atom stereocenters. The van der Waals surface area contributed by atoms with E-state index in [-0.39, 0.29) is 31.2 Å². The van der Waals surface area contributed by atoms with Crippen LogP contribution in [0.1, 0.15) is 75.1 Å². The van der Waals surface area contributed by atoms with Crippen molar-refractivity contribution in [3.05, 3.63) is 29.6 Å². The second kappa shape index (κ2) is 12.7. The summed E-state index contributed by atoms with van der Waals surface area (Å²) in [4.78, 5) is 51.9. The summed E-state index contributed by atoms with van der Waals surface area (Å²) in [5.74, 6) is -1.40. The molecule has 0 aliphatic rings. The normalized spacial score (nSPS) is 11.9. The highest BCUT2D eigenvalue weighted by molar-refractivity contribution is 5.98. The number of hydrogen-bond donors (Lipinski definition) is 3. The van der Waals surface area contributed by atoms with E-state index >= 15 is 0 Å². The van der Waals surface area contributed by atoms with Gasteiger partial charge in [-0.15, -0.1) is 0 Å². The van der Waals surface area contributed by atoms with Gasteiger partial charge in [-0.25, -0.2) is 4.98 Å². The highest BCUT2D eigenvalue weighted by Crippen LogP contribution is 2.27. The zero-order chi connectivity index (χ0) is 25.3. The predicted molar refractivity (Wildman–Crippen MR) is 126 cm³/mol. The number of unbranched alkanes of at least 4 members (excludes halogenated alkanes) is 1. The minimum Gasteiger partial charge on any atom is -0.481 e. The molecular formula is C24H34N4O6. The van der Waals surface area contributed by atoms with Crippen LogP contribution in [0.3, 0.4) is 0 Å². The molecule has 186 valence electrons. The number of nitrogens with one attached hydrogen (secondary N) is 2. The highest BCUT2D eigenvalue weighted by Gasteiger charge is 2.24. The summed E-state index contributed by atoms with van der Waals surface area (Å²) in [5, 5.41) is 14.4. The monoisotopic (exact) mass is 474 g/mol. The number of aliphatic carboxylic acids is 1. The number of benzene rings is 1. The fourth-order valence-corrected chi connectivity index (χ4v) is 3.62. The van der Waals surface area contributed by atoms with Gasteiger partial charge in [0, 0.05) is 18.5 Å². The van der Waals surface area contributed by atoms with Crippen molar-refractivity contribution in [1.82, 2.24) is 20.2 Å². The maximum Gasteiger partial charge on any atom is 0.325 e. The number of aromatic nitrogens is 2. The van der Waals surface area contributed by atoms with Crippen LogP contribution < -0.4 is 10.6 Å². The smallest absolute Gasteiger partial charge is 0.325 e. The number of hydrogen-bond acceptors (Lipinski definition) is 6. The molecule has 10 heteroatoms. The highest BCUT2D eigenvalue weighted by atomic mass is 16.5. The Hall–Kier alpha value is -3.43. The molecular weight excluding hydrogens is 440 g/mol. The van der Waals surface area contributed by atoms with Gasteiger partial charge < -0.3 is 25.0 Å². The Morgan fingerprint density at radius 1 is 1.18 bits per heavy atom. The van der Waals surface area contributed by atoms with Gasteiger partial charge in [0.25, 0.3) is 5.91 Å². The molecule has 3 N–H and O–H groups in total. The van der Waals surface area contributed by atoms with Crippen LogP contribution in [-0.2, 0) is 25.7 Å². The number of carbonyl (C=O) groups is 4. The first kappa shape index (κ1) is 26.8. The number of carbonyl (C=O) groups excluding carboxylic acids is 3.